The minimum absolute atomic E-state index is 0.0480. The largest absolute Gasteiger partial charge is 0.477 e. The molecule has 0 amide bonds. The summed E-state index contributed by atoms with van der Waals surface area (Å²) in [5.74, 6) is -0.691. The number of allylic oxidation sites excluding steroid dienone is 1. The first-order chi connectivity index (χ1) is 7.04. The first-order valence-corrected chi connectivity index (χ1v) is 4.37. The van der Waals surface area contributed by atoms with Crippen LogP contribution >= 0.6 is 0 Å². The molecule has 0 saturated heterocycles. The summed E-state index contributed by atoms with van der Waals surface area (Å²) in [7, 11) is 0. The number of carboxylic acids is 1. The van der Waals surface area contributed by atoms with Gasteiger partial charge in [0.25, 0.3) is 5.56 Å². The minimum Gasteiger partial charge on any atom is -0.477 e. The monoisotopic (exact) mass is 209 g/mol. The second kappa shape index (κ2) is 4.45. The normalized spacial score (nSPS) is 9.67. The van der Waals surface area contributed by atoms with Crippen LogP contribution in [0.5, 0.6) is 5.75 Å². The maximum absolute atomic E-state index is 11.3. The van der Waals surface area contributed by atoms with Crippen LogP contribution < -0.4 is 10.3 Å². The maximum Gasteiger partial charge on any atom is 0.352 e. The topological polar surface area (TPSA) is 79.4 Å². The van der Waals surface area contributed by atoms with Gasteiger partial charge in [-0.05, 0) is 12.1 Å². The molecule has 0 spiro atoms. The molecule has 1 rings (SSSR count). The predicted molar refractivity (Wildman–Crippen MR) is 54.1 cm³/mol. The van der Waals surface area contributed by atoms with E-state index in [1.165, 1.54) is 12.1 Å². The van der Waals surface area contributed by atoms with Gasteiger partial charge in [0.2, 0.25) is 0 Å². The smallest absolute Gasteiger partial charge is 0.352 e. The van der Waals surface area contributed by atoms with Gasteiger partial charge in [-0.25, -0.2) is 4.79 Å². The molecule has 15 heavy (non-hydrogen) atoms. The Morgan fingerprint density at radius 3 is 2.73 bits per heavy atom. The summed E-state index contributed by atoms with van der Waals surface area (Å²) in [5, 5.41) is 8.60. The Balaban J connectivity index is 2.99. The predicted octanol–water partition coefficient (Wildman–Crippen LogP) is 1.38. The van der Waals surface area contributed by atoms with Gasteiger partial charge in [-0.2, -0.15) is 0 Å². The van der Waals surface area contributed by atoms with Crippen molar-refractivity contribution in [2.75, 3.05) is 0 Å². The number of ether oxygens (including phenoxy) is 1. The number of aromatic carboxylic acids is 1. The third-order valence-corrected chi connectivity index (χ3v) is 1.75. The van der Waals surface area contributed by atoms with Crippen LogP contribution in [0.3, 0.4) is 0 Å². The molecule has 5 heteroatoms. The lowest BCUT2D eigenvalue weighted by Gasteiger charge is -2.05. The second-order valence-electron chi connectivity index (χ2n) is 2.86. The van der Waals surface area contributed by atoms with Crippen molar-refractivity contribution in [3.8, 4) is 5.75 Å². The molecule has 1 heterocycles. The van der Waals surface area contributed by atoms with Crippen molar-refractivity contribution in [2.45, 2.75) is 13.3 Å². The lowest BCUT2D eigenvalue weighted by molar-refractivity contribution is 0.0690. The fourth-order valence-electron chi connectivity index (χ4n) is 0.893. The quantitative estimate of drug-likeness (QED) is 0.734. The molecule has 80 valence electrons. The molecule has 1 aromatic heterocycles. The van der Waals surface area contributed by atoms with Crippen LogP contribution in [0.1, 0.15) is 23.8 Å². The molecule has 2 N–H and O–H groups in total. The molecule has 0 aliphatic carbocycles. The Morgan fingerprint density at radius 2 is 2.27 bits per heavy atom. The zero-order valence-electron chi connectivity index (χ0n) is 8.24. The lowest BCUT2D eigenvalue weighted by atomic mass is 10.3. The van der Waals surface area contributed by atoms with Gasteiger partial charge in [0, 0.05) is 6.42 Å². The van der Waals surface area contributed by atoms with Crippen LogP contribution in [0, 0.1) is 0 Å². The molecule has 0 radical (unpaired) electrons. The van der Waals surface area contributed by atoms with Gasteiger partial charge >= 0.3 is 5.97 Å². The van der Waals surface area contributed by atoms with E-state index in [1.54, 1.807) is 0 Å². The van der Waals surface area contributed by atoms with Gasteiger partial charge < -0.3 is 14.8 Å². The Hall–Kier alpha value is -2.04. The van der Waals surface area contributed by atoms with E-state index in [0.29, 0.717) is 12.2 Å². The van der Waals surface area contributed by atoms with Gasteiger partial charge in [0.15, 0.2) is 5.75 Å². The van der Waals surface area contributed by atoms with Gasteiger partial charge in [-0.15, -0.1) is 0 Å². The molecule has 0 fully saturated rings. The van der Waals surface area contributed by atoms with E-state index in [9.17, 15) is 9.59 Å². The van der Waals surface area contributed by atoms with Crippen LogP contribution in [-0.4, -0.2) is 16.1 Å². The van der Waals surface area contributed by atoms with Gasteiger partial charge in [-0.3, -0.25) is 4.79 Å². The van der Waals surface area contributed by atoms with Crippen LogP contribution in [0.25, 0.3) is 0 Å². The highest BCUT2D eigenvalue weighted by molar-refractivity contribution is 5.85. The maximum atomic E-state index is 11.3. The first kappa shape index (κ1) is 11.0. The fourth-order valence-corrected chi connectivity index (χ4v) is 0.893. The van der Waals surface area contributed by atoms with Crippen molar-refractivity contribution in [3.63, 3.8) is 0 Å². The van der Waals surface area contributed by atoms with E-state index >= 15 is 0 Å². The molecule has 0 aromatic carbocycles. The highest BCUT2D eigenvalue weighted by Crippen LogP contribution is 2.08. The molecule has 0 atom stereocenters. The highest BCUT2D eigenvalue weighted by atomic mass is 16.5. The number of hydrogen-bond acceptors (Lipinski definition) is 3. The first-order valence-electron chi connectivity index (χ1n) is 4.37. The van der Waals surface area contributed by atoms with Crippen LogP contribution in [0.2, 0.25) is 0 Å². The Morgan fingerprint density at radius 1 is 1.60 bits per heavy atom. The number of nitrogens with one attached hydrogen (secondary N) is 1. The van der Waals surface area contributed by atoms with E-state index < -0.39 is 11.5 Å². The van der Waals surface area contributed by atoms with E-state index in [4.69, 9.17) is 9.84 Å². The number of hydrogen-bond donors (Lipinski definition) is 2. The Bertz CT molecular complexity index is 447. The molecule has 5 nitrogen and oxygen atoms in total. The molecular weight excluding hydrogens is 198 g/mol. The van der Waals surface area contributed by atoms with Crippen LogP contribution in [0.15, 0.2) is 29.3 Å². The standard InChI is InChI=1S/C10H11NO4/c1-3-6(2)15-8-5-4-7(10(13)14)11-9(8)12/h4-5H,2-3H2,1H3,(H,11,12)(H,13,14). The van der Waals surface area contributed by atoms with Crippen molar-refractivity contribution >= 4 is 5.97 Å². The van der Waals surface area contributed by atoms with E-state index in [0.717, 1.165) is 0 Å². The van der Waals surface area contributed by atoms with E-state index in [-0.39, 0.29) is 11.4 Å². The zero-order valence-corrected chi connectivity index (χ0v) is 8.24. The molecule has 0 aliphatic heterocycles. The number of carboxylic acid groups (broad SMARTS) is 1. The van der Waals surface area contributed by atoms with E-state index in [1.807, 2.05) is 6.92 Å². The molecular formula is C10H11NO4. The molecule has 0 bridgehead atoms. The third-order valence-electron chi connectivity index (χ3n) is 1.75. The van der Waals surface area contributed by atoms with Crippen molar-refractivity contribution in [1.29, 1.82) is 0 Å². The summed E-state index contributed by atoms with van der Waals surface area (Å²) < 4.78 is 5.10. The van der Waals surface area contributed by atoms with Gasteiger partial charge in [0.1, 0.15) is 5.69 Å². The molecule has 0 saturated carbocycles. The van der Waals surface area contributed by atoms with Crippen LogP contribution in [-0.2, 0) is 0 Å². The second-order valence-corrected chi connectivity index (χ2v) is 2.86. The number of H-pyrrole nitrogens is 1. The number of carbonyl (C=O) groups is 1. The van der Waals surface area contributed by atoms with Crippen molar-refractivity contribution < 1.29 is 14.6 Å². The summed E-state index contributed by atoms with van der Waals surface area (Å²) in [4.78, 5) is 24.0. The number of pyridine rings is 1. The number of aromatic amines is 1. The molecule has 0 unspecified atom stereocenters. The summed E-state index contributed by atoms with van der Waals surface area (Å²) in [5.41, 5.74) is -0.751. The van der Waals surface area contributed by atoms with Gasteiger partial charge in [-0.1, -0.05) is 13.5 Å². The summed E-state index contributed by atoms with van der Waals surface area (Å²) in [6.07, 6.45) is 0.583. The Labute approximate surface area is 86.0 Å². The summed E-state index contributed by atoms with van der Waals surface area (Å²) >= 11 is 0. The SMILES string of the molecule is C=C(CC)Oc1ccc(C(=O)O)[nH]c1=O. The van der Waals surface area contributed by atoms with Crippen LogP contribution in [0.4, 0.5) is 0 Å². The number of rotatable bonds is 4. The fraction of sp³-hybridized carbons (Fsp3) is 0.200. The Kier molecular flexibility index (Phi) is 3.28. The average molecular weight is 209 g/mol. The van der Waals surface area contributed by atoms with Crippen molar-refractivity contribution in [3.05, 3.63) is 40.5 Å². The molecule has 0 aliphatic rings. The minimum atomic E-state index is -1.19. The number of aromatic nitrogens is 1. The lowest BCUT2D eigenvalue weighted by Crippen LogP contribution is -2.14. The summed E-state index contributed by atoms with van der Waals surface area (Å²) in [6, 6.07) is 2.57. The summed E-state index contributed by atoms with van der Waals surface area (Å²) in [6.45, 7) is 5.41. The van der Waals surface area contributed by atoms with Gasteiger partial charge in [0.05, 0.1) is 5.76 Å². The third kappa shape index (κ3) is 2.70. The average Bonchev–Trinajstić information content (AvgIpc) is 2.20. The van der Waals surface area contributed by atoms with Crippen molar-refractivity contribution in [2.24, 2.45) is 0 Å². The zero-order chi connectivity index (χ0) is 11.4. The van der Waals surface area contributed by atoms with E-state index in [2.05, 4.69) is 11.6 Å². The highest BCUT2D eigenvalue weighted by Gasteiger charge is 2.07. The molecule has 1 aromatic rings. The van der Waals surface area contributed by atoms with Crippen molar-refractivity contribution in [1.82, 2.24) is 4.98 Å².